The first-order chi connectivity index (χ1) is 5.86. The van der Waals surface area contributed by atoms with Crippen molar-refractivity contribution >= 4 is 7.60 Å². The Morgan fingerprint density at radius 1 is 1.23 bits per heavy atom. The van der Waals surface area contributed by atoms with Gasteiger partial charge in [0.05, 0.1) is 0 Å². The number of hydrogen-bond donors (Lipinski definition) is 3. The Balaban J connectivity index is 3.16. The highest BCUT2D eigenvalue weighted by molar-refractivity contribution is 7.52. The van der Waals surface area contributed by atoms with Crippen LogP contribution in [0.5, 0.6) is 0 Å². The van der Waals surface area contributed by atoms with Crippen molar-refractivity contribution in [2.24, 2.45) is 0 Å². The van der Waals surface area contributed by atoms with E-state index in [4.69, 9.17) is 9.79 Å². The van der Waals surface area contributed by atoms with E-state index in [1.165, 1.54) is 12.1 Å². The molecule has 0 saturated heterocycles. The summed E-state index contributed by atoms with van der Waals surface area (Å²) in [5.74, 6) is 0. The molecule has 1 aromatic carbocycles. The summed E-state index contributed by atoms with van der Waals surface area (Å²) < 4.78 is 10.9. The van der Waals surface area contributed by atoms with Gasteiger partial charge in [-0.3, -0.25) is 4.57 Å². The molecule has 72 valence electrons. The van der Waals surface area contributed by atoms with Crippen molar-refractivity contribution in [1.29, 1.82) is 0 Å². The molecule has 0 aliphatic rings. The van der Waals surface area contributed by atoms with Crippen LogP contribution in [0.15, 0.2) is 30.3 Å². The fourth-order valence-corrected chi connectivity index (χ4v) is 1.41. The van der Waals surface area contributed by atoms with E-state index >= 15 is 0 Å². The minimum Gasteiger partial charge on any atom is -0.373 e. The average Bonchev–Trinajstić information content (AvgIpc) is 2.04. The van der Waals surface area contributed by atoms with E-state index in [1.54, 1.807) is 18.2 Å². The molecular formula is C8H11O4P. The van der Waals surface area contributed by atoms with Crippen molar-refractivity contribution < 1.29 is 19.5 Å². The molecule has 5 heteroatoms. The molecule has 1 unspecified atom stereocenters. The Labute approximate surface area is 76.0 Å². The van der Waals surface area contributed by atoms with Crippen molar-refractivity contribution in [3.63, 3.8) is 0 Å². The molecule has 0 spiro atoms. The second-order valence-corrected chi connectivity index (χ2v) is 4.89. The van der Waals surface area contributed by atoms with Crippen LogP contribution in [0.2, 0.25) is 0 Å². The lowest BCUT2D eigenvalue weighted by Crippen LogP contribution is -2.20. The minimum atomic E-state index is -4.53. The zero-order valence-corrected chi connectivity index (χ0v) is 7.98. The minimum absolute atomic E-state index is 0.211. The maximum absolute atomic E-state index is 10.9. The predicted molar refractivity (Wildman–Crippen MR) is 48.1 cm³/mol. The third-order valence-corrected chi connectivity index (χ3v) is 3.28. The van der Waals surface area contributed by atoms with Crippen LogP contribution in [-0.2, 0) is 9.91 Å². The predicted octanol–water partition coefficient (Wildman–Crippen LogP) is 1.03. The van der Waals surface area contributed by atoms with E-state index in [9.17, 15) is 9.67 Å². The average molecular weight is 202 g/mol. The van der Waals surface area contributed by atoms with E-state index < -0.39 is 12.9 Å². The monoisotopic (exact) mass is 202 g/mol. The summed E-state index contributed by atoms with van der Waals surface area (Å²) in [6, 6.07) is 7.87. The Bertz CT molecular complexity index is 327. The molecule has 0 aromatic heterocycles. The molecule has 0 aliphatic heterocycles. The van der Waals surface area contributed by atoms with Crippen molar-refractivity contribution in [3.8, 4) is 0 Å². The summed E-state index contributed by atoms with van der Waals surface area (Å²) in [5, 5.41) is 7.46. The van der Waals surface area contributed by atoms with Gasteiger partial charge in [0.1, 0.15) is 0 Å². The van der Waals surface area contributed by atoms with E-state index in [0.29, 0.717) is 0 Å². The van der Waals surface area contributed by atoms with Crippen LogP contribution in [0.25, 0.3) is 0 Å². The van der Waals surface area contributed by atoms with Gasteiger partial charge in [0.25, 0.3) is 0 Å². The van der Waals surface area contributed by atoms with Crippen LogP contribution in [0.3, 0.4) is 0 Å². The lowest BCUT2D eigenvalue weighted by atomic mass is 10.1. The topological polar surface area (TPSA) is 77.8 Å². The van der Waals surface area contributed by atoms with Gasteiger partial charge in [-0.25, -0.2) is 0 Å². The molecule has 0 fully saturated rings. The smallest absolute Gasteiger partial charge is 0.361 e. The van der Waals surface area contributed by atoms with Gasteiger partial charge in [0.2, 0.25) is 0 Å². The molecule has 0 heterocycles. The van der Waals surface area contributed by atoms with Crippen LogP contribution >= 0.6 is 7.60 Å². The fourth-order valence-electron chi connectivity index (χ4n) is 0.922. The van der Waals surface area contributed by atoms with E-state index in [-0.39, 0.29) is 5.56 Å². The maximum atomic E-state index is 10.9. The third kappa shape index (κ3) is 1.98. The molecule has 3 N–H and O–H groups in total. The Morgan fingerprint density at radius 2 is 1.69 bits per heavy atom. The van der Waals surface area contributed by atoms with Gasteiger partial charge >= 0.3 is 7.60 Å². The molecule has 0 saturated carbocycles. The van der Waals surface area contributed by atoms with Gasteiger partial charge in [0, 0.05) is 0 Å². The van der Waals surface area contributed by atoms with Gasteiger partial charge in [-0.15, -0.1) is 0 Å². The Morgan fingerprint density at radius 3 is 2.08 bits per heavy atom. The van der Waals surface area contributed by atoms with Crippen molar-refractivity contribution in [1.82, 2.24) is 0 Å². The second kappa shape index (κ2) is 3.24. The van der Waals surface area contributed by atoms with Crippen molar-refractivity contribution in [2.45, 2.75) is 12.3 Å². The second-order valence-electron chi connectivity index (χ2n) is 2.93. The molecular weight excluding hydrogens is 191 g/mol. The van der Waals surface area contributed by atoms with Gasteiger partial charge < -0.3 is 14.9 Å². The molecule has 1 atom stereocenters. The SMILES string of the molecule is CC(O)(c1ccccc1)P(=O)(O)O. The Kier molecular flexibility index (Phi) is 2.59. The van der Waals surface area contributed by atoms with Crippen LogP contribution in [-0.4, -0.2) is 14.9 Å². The van der Waals surface area contributed by atoms with E-state index in [0.717, 1.165) is 6.92 Å². The van der Waals surface area contributed by atoms with Crippen molar-refractivity contribution in [3.05, 3.63) is 35.9 Å². The normalized spacial score (nSPS) is 16.6. The number of rotatable bonds is 2. The molecule has 0 amide bonds. The molecule has 1 rings (SSSR count). The van der Waals surface area contributed by atoms with Crippen LogP contribution < -0.4 is 0 Å². The van der Waals surface area contributed by atoms with Gasteiger partial charge in [-0.2, -0.15) is 0 Å². The fraction of sp³-hybridized carbons (Fsp3) is 0.250. The van der Waals surface area contributed by atoms with Crippen LogP contribution in [0.1, 0.15) is 12.5 Å². The first kappa shape index (κ1) is 10.4. The number of aliphatic hydroxyl groups is 1. The van der Waals surface area contributed by atoms with E-state index in [2.05, 4.69) is 0 Å². The van der Waals surface area contributed by atoms with Gasteiger partial charge in [-0.1, -0.05) is 30.3 Å². The number of benzene rings is 1. The summed E-state index contributed by atoms with van der Waals surface area (Å²) >= 11 is 0. The highest BCUT2D eigenvalue weighted by Crippen LogP contribution is 2.54. The zero-order chi connectivity index (χ0) is 10.1. The third-order valence-electron chi connectivity index (χ3n) is 1.89. The highest BCUT2D eigenvalue weighted by atomic mass is 31.2. The molecule has 1 aromatic rings. The molecule has 0 aliphatic carbocycles. The summed E-state index contributed by atoms with van der Waals surface area (Å²) in [4.78, 5) is 17.7. The summed E-state index contributed by atoms with van der Waals surface area (Å²) in [6.45, 7) is 1.10. The highest BCUT2D eigenvalue weighted by Gasteiger charge is 2.41. The van der Waals surface area contributed by atoms with Crippen LogP contribution in [0.4, 0.5) is 0 Å². The quantitative estimate of drug-likeness (QED) is 0.626. The van der Waals surface area contributed by atoms with E-state index in [1.807, 2.05) is 0 Å². The Hall–Kier alpha value is -0.670. The number of hydrogen-bond acceptors (Lipinski definition) is 2. The van der Waals surface area contributed by atoms with Crippen LogP contribution in [0, 0.1) is 0 Å². The summed E-state index contributed by atoms with van der Waals surface area (Å²) in [7, 11) is -4.53. The molecule has 0 radical (unpaired) electrons. The van der Waals surface area contributed by atoms with Gasteiger partial charge in [0.15, 0.2) is 5.34 Å². The standard InChI is InChI=1S/C8H11O4P/c1-8(9,13(10,11)12)7-5-3-2-4-6-7/h2-6,9H,1H3,(H2,10,11,12). The lowest BCUT2D eigenvalue weighted by molar-refractivity contribution is 0.108. The zero-order valence-electron chi connectivity index (χ0n) is 7.08. The first-order valence-corrected chi connectivity index (χ1v) is 5.30. The summed E-state index contributed by atoms with van der Waals surface area (Å²) in [6.07, 6.45) is 0. The largest absolute Gasteiger partial charge is 0.373 e. The summed E-state index contributed by atoms with van der Waals surface area (Å²) in [5.41, 5.74) is 0.211. The molecule has 0 bridgehead atoms. The van der Waals surface area contributed by atoms with Gasteiger partial charge in [-0.05, 0) is 12.5 Å². The first-order valence-electron chi connectivity index (χ1n) is 3.69. The van der Waals surface area contributed by atoms with Crippen molar-refractivity contribution in [2.75, 3.05) is 0 Å². The maximum Gasteiger partial charge on any atom is 0.361 e. The lowest BCUT2D eigenvalue weighted by Gasteiger charge is -2.24. The molecule has 13 heavy (non-hydrogen) atoms. The molecule has 4 nitrogen and oxygen atoms in total.